The van der Waals surface area contributed by atoms with E-state index in [0.29, 0.717) is 11.9 Å². The summed E-state index contributed by atoms with van der Waals surface area (Å²) in [4.78, 5) is 0. The van der Waals surface area contributed by atoms with Crippen LogP contribution >= 0.6 is 11.6 Å². The van der Waals surface area contributed by atoms with Crippen molar-refractivity contribution in [3.05, 3.63) is 41.7 Å². The van der Waals surface area contributed by atoms with Gasteiger partial charge < -0.3 is 5.32 Å². The fourth-order valence-corrected chi connectivity index (χ4v) is 1.28. The Morgan fingerprint density at radius 2 is 1.94 bits per heavy atom. The van der Waals surface area contributed by atoms with Crippen LogP contribution in [0.3, 0.4) is 0 Å². The predicted octanol–water partition coefficient (Wildman–Crippen LogP) is 4.05. The minimum atomic E-state index is -4.48. The summed E-state index contributed by atoms with van der Waals surface area (Å²) in [5.41, 5.74) is -1.07. The van der Waals surface area contributed by atoms with Gasteiger partial charge in [-0.05, 0) is 18.2 Å². The third kappa shape index (κ3) is 4.26. The molecule has 0 aliphatic carbocycles. The molecule has 1 rings (SSSR count). The minimum Gasteiger partial charge on any atom is -0.379 e. The Kier molecular flexibility index (Phi) is 4.81. The summed E-state index contributed by atoms with van der Waals surface area (Å²) in [6, 6.07) is 2.23. The average Bonchev–Trinajstić information content (AvgIpc) is 2.25. The van der Waals surface area contributed by atoms with E-state index in [4.69, 9.17) is 11.6 Å². The molecule has 17 heavy (non-hydrogen) atoms. The van der Waals surface area contributed by atoms with Crippen molar-refractivity contribution in [2.45, 2.75) is 6.18 Å². The minimum absolute atomic E-state index is 0.181. The SMILES string of the molecule is Fc1ccc(C(F)(F)F)cc1NC/C=C/CCl. The van der Waals surface area contributed by atoms with E-state index in [-0.39, 0.29) is 12.2 Å². The van der Waals surface area contributed by atoms with Crippen LogP contribution in [0.1, 0.15) is 5.56 Å². The Morgan fingerprint density at radius 3 is 2.53 bits per heavy atom. The summed E-state index contributed by atoms with van der Waals surface area (Å²) in [5, 5.41) is 2.54. The summed E-state index contributed by atoms with van der Waals surface area (Å²) in [7, 11) is 0. The molecule has 0 atom stereocenters. The highest BCUT2D eigenvalue weighted by molar-refractivity contribution is 6.18. The van der Waals surface area contributed by atoms with E-state index >= 15 is 0 Å². The lowest BCUT2D eigenvalue weighted by molar-refractivity contribution is -0.137. The molecule has 1 nitrogen and oxygen atoms in total. The lowest BCUT2D eigenvalue weighted by atomic mass is 10.2. The van der Waals surface area contributed by atoms with Crippen LogP contribution in [0.15, 0.2) is 30.4 Å². The second-order valence-corrected chi connectivity index (χ2v) is 3.51. The molecule has 0 radical (unpaired) electrons. The number of rotatable bonds is 4. The monoisotopic (exact) mass is 267 g/mol. The second kappa shape index (κ2) is 5.91. The van der Waals surface area contributed by atoms with Gasteiger partial charge in [-0.3, -0.25) is 0 Å². The zero-order chi connectivity index (χ0) is 12.9. The molecule has 0 unspecified atom stereocenters. The van der Waals surface area contributed by atoms with E-state index in [9.17, 15) is 17.6 Å². The standard InChI is InChI=1S/C11H10ClF4N/c12-5-1-2-6-17-10-7-8(11(14,15)16)3-4-9(10)13/h1-4,7,17H,5-6H2/b2-1+. The van der Waals surface area contributed by atoms with Crippen molar-refractivity contribution in [1.29, 1.82) is 0 Å². The Morgan fingerprint density at radius 1 is 1.24 bits per heavy atom. The fraction of sp³-hybridized carbons (Fsp3) is 0.273. The number of allylic oxidation sites excluding steroid dienone is 1. The van der Waals surface area contributed by atoms with Crippen molar-refractivity contribution in [2.75, 3.05) is 17.7 Å². The molecule has 0 bridgehead atoms. The van der Waals surface area contributed by atoms with Gasteiger partial charge in [-0.25, -0.2) is 4.39 Å². The molecule has 1 aromatic carbocycles. The zero-order valence-corrected chi connectivity index (χ0v) is 9.45. The van der Waals surface area contributed by atoms with Crippen LogP contribution in [-0.4, -0.2) is 12.4 Å². The largest absolute Gasteiger partial charge is 0.416 e. The third-order valence-corrected chi connectivity index (χ3v) is 2.14. The van der Waals surface area contributed by atoms with Gasteiger partial charge in [-0.15, -0.1) is 11.6 Å². The van der Waals surface area contributed by atoms with E-state index in [1.807, 2.05) is 0 Å². The van der Waals surface area contributed by atoms with Gasteiger partial charge >= 0.3 is 6.18 Å². The highest BCUT2D eigenvalue weighted by Gasteiger charge is 2.31. The van der Waals surface area contributed by atoms with E-state index in [1.165, 1.54) is 0 Å². The van der Waals surface area contributed by atoms with Gasteiger partial charge in [-0.2, -0.15) is 13.2 Å². The highest BCUT2D eigenvalue weighted by Crippen LogP contribution is 2.31. The lowest BCUT2D eigenvalue weighted by Gasteiger charge is -2.10. The summed E-state index contributed by atoms with van der Waals surface area (Å²) >= 11 is 5.36. The van der Waals surface area contributed by atoms with Crippen LogP contribution in [0, 0.1) is 5.82 Å². The summed E-state index contributed by atoms with van der Waals surface area (Å²) in [6.07, 6.45) is -1.26. The number of anilines is 1. The highest BCUT2D eigenvalue weighted by atomic mass is 35.5. The molecule has 94 valence electrons. The molecule has 0 saturated carbocycles. The molecular formula is C11H10ClF4N. The first kappa shape index (κ1) is 13.8. The van der Waals surface area contributed by atoms with Crippen molar-refractivity contribution in [2.24, 2.45) is 0 Å². The van der Waals surface area contributed by atoms with Gasteiger partial charge in [0.05, 0.1) is 11.3 Å². The molecule has 0 spiro atoms. The molecule has 0 aliphatic rings. The third-order valence-electron chi connectivity index (χ3n) is 1.96. The smallest absolute Gasteiger partial charge is 0.379 e. The van der Waals surface area contributed by atoms with E-state index in [1.54, 1.807) is 12.2 Å². The van der Waals surface area contributed by atoms with E-state index < -0.39 is 17.6 Å². The van der Waals surface area contributed by atoms with Gasteiger partial charge in [0.15, 0.2) is 0 Å². The second-order valence-electron chi connectivity index (χ2n) is 3.20. The van der Waals surface area contributed by atoms with Crippen molar-refractivity contribution in [1.82, 2.24) is 0 Å². The van der Waals surface area contributed by atoms with Crippen molar-refractivity contribution in [3.8, 4) is 0 Å². The van der Waals surface area contributed by atoms with Gasteiger partial charge in [0.1, 0.15) is 5.82 Å². The van der Waals surface area contributed by atoms with Crippen LogP contribution < -0.4 is 5.32 Å². The molecule has 0 aliphatic heterocycles. The molecule has 0 aromatic heterocycles. The van der Waals surface area contributed by atoms with Crippen molar-refractivity contribution >= 4 is 17.3 Å². The van der Waals surface area contributed by atoms with Crippen LogP contribution in [-0.2, 0) is 6.18 Å². The normalized spacial score (nSPS) is 12.1. The molecular weight excluding hydrogens is 258 g/mol. The maximum absolute atomic E-state index is 13.2. The summed E-state index contributed by atoms with van der Waals surface area (Å²) in [5.74, 6) is -0.426. The molecule has 1 aromatic rings. The van der Waals surface area contributed by atoms with Crippen LogP contribution in [0.2, 0.25) is 0 Å². The lowest BCUT2D eigenvalue weighted by Crippen LogP contribution is -2.08. The molecule has 0 saturated heterocycles. The van der Waals surface area contributed by atoms with Gasteiger partial charge in [-0.1, -0.05) is 12.2 Å². The number of hydrogen-bond donors (Lipinski definition) is 1. The molecule has 0 amide bonds. The predicted molar refractivity (Wildman–Crippen MR) is 59.8 cm³/mol. The first-order valence-electron chi connectivity index (χ1n) is 4.76. The van der Waals surface area contributed by atoms with Gasteiger partial charge in [0.25, 0.3) is 0 Å². The van der Waals surface area contributed by atoms with Crippen LogP contribution in [0.4, 0.5) is 23.2 Å². The first-order chi connectivity index (χ1) is 7.95. The average molecular weight is 268 g/mol. The number of nitrogens with one attached hydrogen (secondary N) is 1. The van der Waals surface area contributed by atoms with Crippen molar-refractivity contribution in [3.63, 3.8) is 0 Å². The maximum Gasteiger partial charge on any atom is 0.416 e. The van der Waals surface area contributed by atoms with Gasteiger partial charge in [0, 0.05) is 12.4 Å². The zero-order valence-electron chi connectivity index (χ0n) is 8.69. The Balaban J connectivity index is 2.80. The van der Waals surface area contributed by atoms with E-state index in [0.717, 1.165) is 12.1 Å². The number of benzene rings is 1. The van der Waals surface area contributed by atoms with Crippen LogP contribution in [0.25, 0.3) is 0 Å². The Hall–Kier alpha value is -1.23. The molecule has 0 heterocycles. The maximum atomic E-state index is 13.2. The number of hydrogen-bond acceptors (Lipinski definition) is 1. The molecule has 6 heteroatoms. The van der Waals surface area contributed by atoms with Crippen molar-refractivity contribution < 1.29 is 17.6 Å². The quantitative estimate of drug-likeness (QED) is 0.493. The Bertz CT molecular complexity index is 401. The Labute approximate surface area is 101 Å². The van der Waals surface area contributed by atoms with Gasteiger partial charge in [0.2, 0.25) is 0 Å². The number of halogens is 5. The van der Waals surface area contributed by atoms with E-state index in [2.05, 4.69) is 5.32 Å². The topological polar surface area (TPSA) is 12.0 Å². The van der Waals surface area contributed by atoms with Crippen LogP contribution in [0.5, 0.6) is 0 Å². The summed E-state index contributed by atoms with van der Waals surface area (Å²) in [6.45, 7) is 0.213. The number of alkyl halides is 4. The first-order valence-corrected chi connectivity index (χ1v) is 5.30. The fourth-order valence-electron chi connectivity index (χ4n) is 1.15. The molecule has 0 fully saturated rings. The summed E-state index contributed by atoms with van der Waals surface area (Å²) < 4.78 is 50.3. The molecule has 1 N–H and O–H groups in total.